The number of benzene rings is 1. The molecule has 0 saturated carbocycles. The Morgan fingerprint density at radius 3 is 2.81 bits per heavy atom. The van der Waals surface area contributed by atoms with Crippen LogP contribution in [0.1, 0.15) is 30.5 Å². The van der Waals surface area contributed by atoms with Gasteiger partial charge < -0.3 is 28.4 Å². The Bertz CT molecular complexity index is 891. The van der Waals surface area contributed by atoms with Crippen LogP contribution in [0.15, 0.2) is 28.8 Å². The van der Waals surface area contributed by atoms with Crippen molar-refractivity contribution < 1.29 is 28.3 Å². The maximum absolute atomic E-state index is 12.7. The van der Waals surface area contributed by atoms with Crippen molar-refractivity contribution in [2.75, 3.05) is 46.1 Å². The second kappa shape index (κ2) is 9.23. The van der Waals surface area contributed by atoms with Gasteiger partial charge in [0.15, 0.2) is 17.3 Å². The summed E-state index contributed by atoms with van der Waals surface area (Å²) in [6.45, 7) is 4.30. The van der Waals surface area contributed by atoms with E-state index in [-0.39, 0.29) is 18.4 Å². The number of likely N-dealkylation sites (tertiary alicyclic amines) is 1. The van der Waals surface area contributed by atoms with E-state index in [4.69, 9.17) is 23.5 Å². The van der Waals surface area contributed by atoms with Gasteiger partial charge in [-0.25, -0.2) is 0 Å². The zero-order valence-electron chi connectivity index (χ0n) is 17.4. The van der Waals surface area contributed by atoms with Crippen LogP contribution >= 0.6 is 0 Å². The van der Waals surface area contributed by atoms with E-state index in [0.717, 1.165) is 32.7 Å². The molecule has 1 amide bonds. The van der Waals surface area contributed by atoms with E-state index in [1.165, 1.54) is 0 Å². The van der Waals surface area contributed by atoms with Crippen molar-refractivity contribution >= 4 is 5.91 Å². The summed E-state index contributed by atoms with van der Waals surface area (Å²) >= 11 is 0. The smallest absolute Gasteiger partial charge is 0.267 e. The van der Waals surface area contributed by atoms with E-state index in [9.17, 15) is 4.79 Å². The molecule has 9 nitrogen and oxygen atoms in total. The van der Waals surface area contributed by atoms with Gasteiger partial charge in [-0.3, -0.25) is 4.79 Å². The van der Waals surface area contributed by atoms with Crippen LogP contribution in [0.25, 0.3) is 0 Å². The van der Waals surface area contributed by atoms with Gasteiger partial charge in [-0.15, -0.1) is 0 Å². The highest BCUT2D eigenvalue weighted by Crippen LogP contribution is 2.33. The molecule has 2 fully saturated rings. The van der Waals surface area contributed by atoms with E-state index < -0.39 is 6.10 Å². The molecule has 4 heterocycles. The molecule has 0 spiro atoms. The zero-order chi connectivity index (χ0) is 21.0. The predicted molar refractivity (Wildman–Crippen MR) is 108 cm³/mol. The molecule has 2 aromatic rings. The number of aromatic nitrogens is 2. The Labute approximate surface area is 180 Å². The monoisotopic (exact) mass is 429 g/mol. The molecule has 3 aliphatic heterocycles. The van der Waals surface area contributed by atoms with Crippen LogP contribution in [-0.2, 0) is 20.7 Å². The molecule has 3 aliphatic rings. The zero-order valence-corrected chi connectivity index (χ0v) is 17.4. The molecule has 1 atom stereocenters. The Morgan fingerprint density at radius 2 is 1.97 bits per heavy atom. The molecule has 9 heteroatoms. The minimum absolute atomic E-state index is 0.0603. The summed E-state index contributed by atoms with van der Waals surface area (Å²) in [5.41, 5.74) is 0. The first-order chi connectivity index (χ1) is 15.3. The summed E-state index contributed by atoms with van der Waals surface area (Å²) in [5, 5.41) is 4.05. The third-order valence-electron chi connectivity index (χ3n) is 5.97. The second-order valence-electron chi connectivity index (χ2n) is 8.23. The first kappa shape index (κ1) is 20.3. The van der Waals surface area contributed by atoms with Gasteiger partial charge in [0.1, 0.15) is 6.61 Å². The number of carbonyl (C=O) groups is 1. The van der Waals surface area contributed by atoms with E-state index in [1.807, 2.05) is 18.2 Å². The largest absolute Gasteiger partial charge is 0.485 e. The Kier molecular flexibility index (Phi) is 6.04. The number of fused-ring (bicyclic) bond motifs is 1. The average molecular weight is 429 g/mol. The van der Waals surface area contributed by atoms with E-state index >= 15 is 0 Å². The van der Waals surface area contributed by atoms with Crippen molar-refractivity contribution in [2.45, 2.75) is 31.3 Å². The first-order valence-electron chi connectivity index (χ1n) is 10.9. The van der Waals surface area contributed by atoms with Gasteiger partial charge >= 0.3 is 0 Å². The lowest BCUT2D eigenvalue weighted by Gasteiger charge is -2.39. The third-order valence-corrected chi connectivity index (χ3v) is 5.97. The summed E-state index contributed by atoms with van der Waals surface area (Å²) in [4.78, 5) is 18.9. The molecule has 1 aromatic heterocycles. The van der Waals surface area contributed by atoms with E-state index in [2.05, 4.69) is 10.1 Å². The Balaban J connectivity index is 1.04. The number of carbonyl (C=O) groups excluding carboxylic acids is 1. The van der Waals surface area contributed by atoms with Crippen molar-refractivity contribution in [3.63, 3.8) is 0 Å². The average Bonchev–Trinajstić information content (AvgIpc) is 3.24. The molecule has 5 rings (SSSR count). The lowest BCUT2D eigenvalue weighted by atomic mass is 9.99. The van der Waals surface area contributed by atoms with Gasteiger partial charge in [0.2, 0.25) is 12.0 Å². The normalized spacial score (nSPS) is 21.7. The maximum Gasteiger partial charge on any atom is 0.267 e. The van der Waals surface area contributed by atoms with Gasteiger partial charge in [-0.1, -0.05) is 17.3 Å². The minimum atomic E-state index is -0.623. The number of hydrogen-bond acceptors (Lipinski definition) is 8. The highest BCUT2D eigenvalue weighted by molar-refractivity contribution is 5.82. The van der Waals surface area contributed by atoms with Crippen LogP contribution in [0.2, 0.25) is 0 Å². The van der Waals surface area contributed by atoms with Crippen molar-refractivity contribution in [1.82, 2.24) is 15.0 Å². The van der Waals surface area contributed by atoms with Crippen LogP contribution in [0.5, 0.6) is 11.5 Å². The summed E-state index contributed by atoms with van der Waals surface area (Å²) in [7, 11) is 0. The van der Waals surface area contributed by atoms with Gasteiger partial charge in [0, 0.05) is 39.3 Å². The Hall–Kier alpha value is -2.65. The maximum atomic E-state index is 12.7. The van der Waals surface area contributed by atoms with Crippen molar-refractivity contribution in [2.24, 2.45) is 5.92 Å². The molecule has 31 heavy (non-hydrogen) atoms. The predicted octanol–water partition coefficient (Wildman–Crippen LogP) is 1.82. The van der Waals surface area contributed by atoms with Crippen LogP contribution < -0.4 is 9.47 Å². The Morgan fingerprint density at radius 1 is 1.16 bits per heavy atom. The third kappa shape index (κ3) is 4.67. The molecular weight excluding hydrogens is 402 g/mol. The number of nitrogens with zero attached hydrogens (tertiary/aromatic N) is 3. The molecule has 0 bridgehead atoms. The standard InChI is InChI=1S/C22H27N3O6/c26-22(19-14-29-17-3-1-2-4-18(17)30-19)25-11-16(12-25)21-23-20(24-31-21)7-10-28-13-15-5-8-27-9-6-15/h1-4,15-16,19H,5-14H2. The molecule has 0 aliphatic carbocycles. The molecule has 166 valence electrons. The number of amides is 1. The topological polar surface area (TPSA) is 96.2 Å². The quantitative estimate of drug-likeness (QED) is 0.615. The SMILES string of the molecule is O=C(C1COc2ccccc2O1)N1CC(c2nc(CCOCC3CCOCC3)no2)C1. The first-order valence-corrected chi connectivity index (χ1v) is 10.9. The number of para-hydroxylation sites is 2. The summed E-state index contributed by atoms with van der Waals surface area (Å²) in [5.74, 6) is 3.06. The number of ether oxygens (including phenoxy) is 4. The lowest BCUT2D eigenvalue weighted by molar-refractivity contribution is -0.146. The van der Waals surface area contributed by atoms with Crippen LogP contribution in [0, 0.1) is 5.92 Å². The molecule has 1 unspecified atom stereocenters. The molecule has 0 radical (unpaired) electrons. The second-order valence-corrected chi connectivity index (χ2v) is 8.23. The molecule has 2 saturated heterocycles. The van der Waals surface area contributed by atoms with Gasteiger partial charge in [0.05, 0.1) is 12.5 Å². The van der Waals surface area contributed by atoms with Crippen LogP contribution in [0.3, 0.4) is 0 Å². The van der Waals surface area contributed by atoms with Crippen LogP contribution in [0.4, 0.5) is 0 Å². The summed E-state index contributed by atoms with van der Waals surface area (Å²) in [6, 6.07) is 7.37. The minimum Gasteiger partial charge on any atom is -0.485 e. The van der Waals surface area contributed by atoms with Gasteiger partial charge in [0.25, 0.3) is 5.91 Å². The lowest BCUT2D eigenvalue weighted by Crippen LogP contribution is -2.55. The van der Waals surface area contributed by atoms with Crippen molar-refractivity contribution in [3.8, 4) is 11.5 Å². The fourth-order valence-electron chi connectivity index (χ4n) is 4.02. The van der Waals surface area contributed by atoms with Gasteiger partial charge in [-0.05, 0) is 30.9 Å². The number of hydrogen-bond donors (Lipinski definition) is 0. The van der Waals surface area contributed by atoms with E-state index in [0.29, 0.717) is 55.2 Å². The van der Waals surface area contributed by atoms with Crippen LogP contribution in [-0.4, -0.2) is 73.2 Å². The van der Waals surface area contributed by atoms with Crippen molar-refractivity contribution in [3.05, 3.63) is 36.0 Å². The summed E-state index contributed by atoms with van der Waals surface area (Å²) < 4.78 is 28.0. The molecular formula is C22H27N3O6. The summed E-state index contributed by atoms with van der Waals surface area (Å²) in [6.07, 6.45) is 2.12. The molecule has 1 aromatic carbocycles. The fourth-order valence-corrected chi connectivity index (χ4v) is 4.02. The fraction of sp³-hybridized carbons (Fsp3) is 0.591. The highest BCUT2D eigenvalue weighted by atomic mass is 16.6. The molecule has 0 N–H and O–H groups in total. The number of rotatable bonds is 7. The highest BCUT2D eigenvalue weighted by Gasteiger charge is 2.40. The van der Waals surface area contributed by atoms with E-state index in [1.54, 1.807) is 11.0 Å². The van der Waals surface area contributed by atoms with Gasteiger partial charge in [-0.2, -0.15) is 4.98 Å². The van der Waals surface area contributed by atoms with Crippen molar-refractivity contribution in [1.29, 1.82) is 0 Å².